The fourth-order valence-corrected chi connectivity index (χ4v) is 23.4. The zero-order valence-electron chi connectivity index (χ0n) is 42.5. The fraction of sp³-hybridized carbons (Fsp3) is 0.468. The second-order valence-electron chi connectivity index (χ2n) is 13.4. The molecule has 0 saturated carbocycles. The number of rotatable bonds is 30. The molecular weight excluding hydrogens is 1270 g/mol. The molecule has 4 rings (SSSR count). The first-order valence-corrected chi connectivity index (χ1v) is 38.9. The molecule has 28 heteroatoms. The van der Waals surface area contributed by atoms with E-state index in [0.29, 0.717) is 73.2 Å². The Kier molecular flexibility index (Phi) is 45.0. The van der Waals surface area contributed by atoms with Gasteiger partial charge in [-0.2, -0.15) is 0 Å². The summed E-state index contributed by atoms with van der Waals surface area (Å²) >= 11 is 23.6. The molecule has 0 saturated heterocycles. The minimum Gasteiger partial charge on any atom is -0.466 e. The van der Waals surface area contributed by atoms with Gasteiger partial charge in [0.05, 0.1) is 90.8 Å². The Bertz CT molecular complexity index is 2130. The van der Waals surface area contributed by atoms with Crippen molar-refractivity contribution in [2.45, 2.75) is 80.1 Å². The maximum Gasteiger partial charge on any atom is 0.306 e. The van der Waals surface area contributed by atoms with Crippen molar-refractivity contribution in [3.05, 3.63) is 77.2 Å². The van der Waals surface area contributed by atoms with Gasteiger partial charge in [0.25, 0.3) is 0 Å². The number of thioether (sulfide) groups is 13. The van der Waals surface area contributed by atoms with Gasteiger partial charge in [-0.05, 0) is 74.1 Å². The van der Waals surface area contributed by atoms with Gasteiger partial charge in [0.15, 0.2) is 16.9 Å². The number of esters is 3. The minimum atomic E-state index is -0.659. The number of allylic oxidation sites excluding steroid dienone is 7. The lowest BCUT2D eigenvalue weighted by molar-refractivity contribution is -0.143. The first kappa shape index (κ1) is 73.4. The molecule has 3 N–H and O–H groups in total. The highest BCUT2D eigenvalue weighted by Gasteiger charge is 2.26. The molecule has 0 radical (unpaired) electrons. The van der Waals surface area contributed by atoms with Gasteiger partial charge in [-0.1, -0.05) is 132 Å². The highest BCUT2D eigenvalue weighted by Crippen LogP contribution is 2.61. The molecule has 0 aliphatic carbocycles. The summed E-state index contributed by atoms with van der Waals surface area (Å²) < 4.78 is 26.8. The summed E-state index contributed by atoms with van der Waals surface area (Å²) in [6.07, 6.45) is 13.3. The van der Waals surface area contributed by atoms with Gasteiger partial charge in [0.1, 0.15) is 0 Å². The van der Waals surface area contributed by atoms with Crippen LogP contribution >= 0.6 is 184 Å². The highest BCUT2D eigenvalue weighted by atomic mass is 32.3. The number of hydrogen-bond acceptors (Lipinski definition) is 25. The molecule has 12 nitrogen and oxygen atoms in total. The van der Waals surface area contributed by atoms with Gasteiger partial charge in [0.2, 0.25) is 0 Å². The first-order valence-electron chi connectivity index (χ1n) is 22.6. The summed E-state index contributed by atoms with van der Waals surface area (Å²) in [7, 11) is -1.98. The Balaban J connectivity index is 0.00000133. The topological polar surface area (TPSA) is 191 Å². The Morgan fingerprint density at radius 1 is 0.440 bits per heavy atom. The quantitative estimate of drug-likeness (QED) is 0.0202. The van der Waals surface area contributed by atoms with E-state index in [4.69, 9.17) is 29.5 Å². The van der Waals surface area contributed by atoms with Crippen LogP contribution in [0.4, 0.5) is 0 Å². The SMILES string of the molecule is C=S(C=O)CO.C=S(C=O)CO.C=S(C=O)CO.CCOC(=O)CCSC1=C(SCCC(=O)OCC)SC(=CC=C2SC(CC)=C(SCSC3=C(SCCC(=O)OCC)SC(=CC=C4SC(CC)=C(CC)S4)S3)S2)S1. The van der Waals surface area contributed by atoms with Gasteiger partial charge in [0, 0.05) is 31.5 Å². The Morgan fingerprint density at radius 2 is 0.707 bits per heavy atom. The maximum atomic E-state index is 12.1. The van der Waals surface area contributed by atoms with E-state index in [1.54, 1.807) is 58.8 Å². The average Bonchev–Trinajstić information content (AvgIpc) is 4.22. The zero-order chi connectivity index (χ0) is 56.0. The van der Waals surface area contributed by atoms with Crippen LogP contribution < -0.4 is 0 Å². The third-order valence-electron chi connectivity index (χ3n) is 8.00. The standard InChI is InChI=1S/C38H48O6S13.3C3H6O2S/c1-7-24-25(8-2)51-30(50-24)13-15-33-56-37(47-22-19-29(41)44-12-6)38(57-33)49-23-48-34-26(9-3)52-31(53-34)14-16-32-54-35(45-20-17-27(39)42-10-4)36(55-32)46-21-18-28(40)43-11-5;3*1-6(2-4)3-5/h13-16H,7-12,17-23H2,1-6H3;3*2,5H,1,3H2. The normalized spacial score (nSPS) is 17.4. The van der Waals surface area contributed by atoms with E-state index in [9.17, 15) is 28.8 Å². The van der Waals surface area contributed by atoms with E-state index in [-0.39, 0.29) is 35.7 Å². The van der Waals surface area contributed by atoms with Crippen LogP contribution in [0.15, 0.2) is 77.2 Å². The molecule has 3 atom stereocenters. The maximum absolute atomic E-state index is 12.1. The van der Waals surface area contributed by atoms with E-state index in [0.717, 1.165) is 24.3 Å². The van der Waals surface area contributed by atoms with Crippen LogP contribution in [0.3, 0.4) is 0 Å². The van der Waals surface area contributed by atoms with Gasteiger partial charge in [-0.25, -0.2) is 0 Å². The van der Waals surface area contributed by atoms with Gasteiger partial charge < -0.3 is 29.5 Å². The molecule has 0 amide bonds. The summed E-state index contributed by atoms with van der Waals surface area (Å²) in [5.41, 5.74) is 1.92. The molecule has 3 unspecified atom stereocenters. The second-order valence-corrected chi connectivity index (χ2v) is 34.7. The number of carbonyl (C=O) groups excluding carboxylic acids is 6. The molecule has 4 heterocycles. The van der Waals surface area contributed by atoms with E-state index in [1.807, 2.05) is 115 Å². The van der Waals surface area contributed by atoms with E-state index in [1.165, 1.54) is 52.8 Å². The number of aliphatic hydroxyl groups excluding tert-OH is 3. The first-order chi connectivity index (χ1) is 36.1. The summed E-state index contributed by atoms with van der Waals surface area (Å²) in [6.45, 7) is 13.4. The summed E-state index contributed by atoms with van der Waals surface area (Å²) in [5, 5.41) is 25.1. The number of aliphatic hydroxyl groups is 3. The van der Waals surface area contributed by atoms with E-state index >= 15 is 0 Å². The Labute approximate surface area is 506 Å². The van der Waals surface area contributed by atoms with Crippen molar-refractivity contribution < 1.29 is 58.3 Å². The largest absolute Gasteiger partial charge is 0.466 e. The van der Waals surface area contributed by atoms with Gasteiger partial charge >= 0.3 is 17.9 Å². The molecule has 4 aliphatic rings. The Morgan fingerprint density at radius 3 is 0.987 bits per heavy atom. The molecule has 0 bridgehead atoms. The number of ether oxygens (including phenoxy) is 3. The zero-order valence-corrected chi connectivity index (χ0v) is 55.6. The van der Waals surface area contributed by atoms with Crippen molar-refractivity contribution in [1.82, 2.24) is 0 Å². The highest BCUT2D eigenvalue weighted by molar-refractivity contribution is 8.43. The van der Waals surface area contributed by atoms with E-state index in [2.05, 4.69) is 62.7 Å². The number of carbonyl (C=O) groups is 6. The van der Waals surface area contributed by atoms with Crippen molar-refractivity contribution in [1.29, 1.82) is 0 Å². The van der Waals surface area contributed by atoms with Gasteiger partial charge in [-0.3, -0.25) is 28.8 Å². The summed E-state index contributed by atoms with van der Waals surface area (Å²) in [5.74, 6) is 11.0. The van der Waals surface area contributed by atoms with Crippen molar-refractivity contribution in [2.75, 3.05) is 60.0 Å². The van der Waals surface area contributed by atoms with Crippen LogP contribution in [0.1, 0.15) is 80.1 Å². The lowest BCUT2D eigenvalue weighted by atomic mass is 10.3. The molecule has 0 spiro atoms. The monoisotopic (exact) mass is 1330 g/mol. The van der Waals surface area contributed by atoms with Crippen molar-refractivity contribution in [3.8, 4) is 0 Å². The molecule has 4 aliphatic heterocycles. The third-order valence-corrected chi connectivity index (χ3v) is 27.8. The fourth-order valence-electron chi connectivity index (χ4n) is 4.65. The van der Waals surface area contributed by atoms with Crippen molar-refractivity contribution >= 4 is 237 Å². The molecule has 75 heavy (non-hydrogen) atoms. The predicted octanol–water partition coefficient (Wildman–Crippen LogP) is 15.1. The van der Waals surface area contributed by atoms with Crippen LogP contribution in [-0.2, 0) is 43.0 Å². The molecule has 0 aromatic heterocycles. The third kappa shape index (κ3) is 32.6. The predicted molar refractivity (Wildman–Crippen MR) is 359 cm³/mol. The average molecular weight is 1340 g/mol. The Hall–Kier alpha value is 0.430. The molecule has 422 valence electrons. The van der Waals surface area contributed by atoms with Crippen LogP contribution in [-0.4, -0.2) is 128 Å². The lowest BCUT2D eigenvalue weighted by Crippen LogP contribution is -2.04. The van der Waals surface area contributed by atoms with Crippen molar-refractivity contribution in [2.24, 2.45) is 0 Å². The van der Waals surface area contributed by atoms with Crippen molar-refractivity contribution in [3.63, 3.8) is 0 Å². The minimum absolute atomic E-state index is 0.122. The smallest absolute Gasteiger partial charge is 0.306 e. The molecule has 0 fully saturated rings. The molecular formula is C47H66O12S16. The van der Waals surface area contributed by atoms with E-state index < -0.39 is 31.5 Å². The lowest BCUT2D eigenvalue weighted by Gasteiger charge is -2.06. The van der Waals surface area contributed by atoms with Crippen LogP contribution in [0, 0.1) is 0 Å². The molecule has 0 aromatic carbocycles. The molecule has 0 aromatic rings. The number of hydrogen-bond donors (Lipinski definition) is 3. The summed E-state index contributed by atoms with van der Waals surface area (Å²) in [4.78, 5) is 69.0. The second kappa shape index (κ2) is 46.0. The van der Waals surface area contributed by atoms with Crippen LogP contribution in [0.5, 0.6) is 0 Å². The van der Waals surface area contributed by atoms with Crippen LogP contribution in [0.25, 0.3) is 0 Å². The summed E-state index contributed by atoms with van der Waals surface area (Å²) in [6, 6.07) is 0. The van der Waals surface area contributed by atoms with Gasteiger partial charge in [-0.15, -0.1) is 90.3 Å². The van der Waals surface area contributed by atoms with Crippen LogP contribution in [0.2, 0.25) is 0 Å².